The molecule has 0 aliphatic rings. The van der Waals surface area contributed by atoms with E-state index in [0.717, 1.165) is 13.0 Å². The molecule has 2 unspecified atom stereocenters. The lowest BCUT2D eigenvalue weighted by atomic mass is 9.86. The van der Waals surface area contributed by atoms with E-state index in [4.69, 9.17) is 4.74 Å². The molecular formula is C17H39NO. The molecule has 0 radical (unpaired) electrons. The van der Waals surface area contributed by atoms with E-state index < -0.39 is 0 Å². The molecule has 2 heteroatoms. The summed E-state index contributed by atoms with van der Waals surface area (Å²) in [5.41, 5.74) is 0.425. The minimum Gasteiger partial charge on any atom is -0.375 e. The number of ether oxygens (including phenoxy) is 1. The average molecular weight is 274 g/mol. The van der Waals surface area contributed by atoms with E-state index in [9.17, 15) is 0 Å². The van der Waals surface area contributed by atoms with E-state index in [1.54, 1.807) is 0 Å². The van der Waals surface area contributed by atoms with Crippen LogP contribution in [0.5, 0.6) is 0 Å². The molecule has 0 saturated carbocycles. The van der Waals surface area contributed by atoms with E-state index in [0.29, 0.717) is 17.4 Å². The van der Waals surface area contributed by atoms with E-state index >= 15 is 0 Å². The Morgan fingerprint density at radius 1 is 0.895 bits per heavy atom. The summed E-state index contributed by atoms with van der Waals surface area (Å²) >= 11 is 0. The standard InChI is InChI=1S/C9H20O.C8H19N/c1-6-9(5,8(3)4)10-7-2;1-6-8(4,9-5)7(2)3/h8H,6-7H2,1-5H3;7,9H,6H2,1-5H3. The van der Waals surface area contributed by atoms with Gasteiger partial charge in [0.1, 0.15) is 0 Å². The van der Waals surface area contributed by atoms with E-state index in [-0.39, 0.29) is 5.60 Å². The van der Waals surface area contributed by atoms with Crippen molar-refractivity contribution in [1.82, 2.24) is 5.32 Å². The Morgan fingerprint density at radius 2 is 1.37 bits per heavy atom. The minimum absolute atomic E-state index is 0.0920. The van der Waals surface area contributed by atoms with Crippen LogP contribution in [0.4, 0.5) is 0 Å². The van der Waals surface area contributed by atoms with E-state index in [1.807, 2.05) is 7.05 Å². The van der Waals surface area contributed by atoms with Crippen molar-refractivity contribution in [2.75, 3.05) is 13.7 Å². The summed E-state index contributed by atoms with van der Waals surface area (Å²) in [6, 6.07) is 0. The quantitative estimate of drug-likeness (QED) is 0.714. The maximum atomic E-state index is 5.64. The lowest BCUT2D eigenvalue weighted by Crippen LogP contribution is -2.43. The molecule has 0 aromatic heterocycles. The summed E-state index contributed by atoms with van der Waals surface area (Å²) < 4.78 is 5.64. The highest BCUT2D eigenvalue weighted by Crippen LogP contribution is 2.24. The third kappa shape index (κ3) is 7.31. The van der Waals surface area contributed by atoms with Crippen molar-refractivity contribution in [2.24, 2.45) is 11.8 Å². The zero-order chi connectivity index (χ0) is 15.7. The largest absolute Gasteiger partial charge is 0.375 e. The van der Waals surface area contributed by atoms with Gasteiger partial charge in [-0.15, -0.1) is 0 Å². The van der Waals surface area contributed by atoms with Crippen LogP contribution in [0.1, 0.15) is 75.2 Å². The molecule has 0 amide bonds. The average Bonchev–Trinajstić information content (AvgIpc) is 2.38. The number of hydrogen-bond acceptors (Lipinski definition) is 2. The van der Waals surface area contributed by atoms with Gasteiger partial charge >= 0.3 is 0 Å². The lowest BCUT2D eigenvalue weighted by Gasteiger charge is -2.32. The SMILES string of the molecule is CCC(C)(NC)C(C)C.CCOC(C)(CC)C(C)C. The second-order valence-electron chi connectivity index (χ2n) is 6.43. The minimum atomic E-state index is 0.0920. The Morgan fingerprint density at radius 3 is 1.42 bits per heavy atom. The topological polar surface area (TPSA) is 21.3 Å². The first kappa shape index (κ1) is 21.2. The van der Waals surface area contributed by atoms with Crippen LogP contribution in [-0.2, 0) is 4.74 Å². The number of nitrogens with one attached hydrogen (secondary N) is 1. The van der Waals surface area contributed by atoms with Crippen LogP contribution in [-0.4, -0.2) is 24.8 Å². The monoisotopic (exact) mass is 273 g/mol. The fourth-order valence-electron chi connectivity index (χ4n) is 1.88. The molecule has 0 heterocycles. The zero-order valence-electron chi connectivity index (χ0n) is 15.2. The third-order valence-corrected chi connectivity index (χ3v) is 4.98. The Bertz CT molecular complexity index is 209. The first-order chi connectivity index (χ1) is 8.63. The van der Waals surface area contributed by atoms with Crippen LogP contribution in [0, 0.1) is 11.8 Å². The molecule has 0 bridgehead atoms. The summed E-state index contributed by atoms with van der Waals surface area (Å²) in [5.74, 6) is 1.32. The first-order valence-corrected chi connectivity index (χ1v) is 7.96. The van der Waals surface area contributed by atoms with Crippen LogP contribution >= 0.6 is 0 Å². The van der Waals surface area contributed by atoms with Crippen LogP contribution < -0.4 is 5.32 Å². The first-order valence-electron chi connectivity index (χ1n) is 7.96. The molecule has 0 fully saturated rings. The molecule has 0 aliphatic carbocycles. The van der Waals surface area contributed by atoms with Crippen molar-refractivity contribution in [1.29, 1.82) is 0 Å². The molecular weight excluding hydrogens is 234 g/mol. The zero-order valence-corrected chi connectivity index (χ0v) is 15.2. The van der Waals surface area contributed by atoms with Gasteiger partial charge in [0.25, 0.3) is 0 Å². The van der Waals surface area contributed by atoms with Crippen LogP contribution in [0.15, 0.2) is 0 Å². The highest BCUT2D eigenvalue weighted by atomic mass is 16.5. The van der Waals surface area contributed by atoms with Gasteiger partial charge in [0.2, 0.25) is 0 Å². The summed E-state index contributed by atoms with van der Waals surface area (Å²) in [6.45, 7) is 20.6. The molecule has 1 N–H and O–H groups in total. The van der Waals surface area contributed by atoms with Crippen LogP contribution in [0.3, 0.4) is 0 Å². The predicted molar refractivity (Wildman–Crippen MR) is 87.8 cm³/mol. The molecule has 0 spiro atoms. The summed E-state index contributed by atoms with van der Waals surface area (Å²) in [7, 11) is 2.03. The van der Waals surface area contributed by atoms with Crippen molar-refractivity contribution < 1.29 is 4.74 Å². The van der Waals surface area contributed by atoms with Crippen molar-refractivity contribution >= 4 is 0 Å². The molecule has 19 heavy (non-hydrogen) atoms. The van der Waals surface area contributed by atoms with Gasteiger partial charge in [-0.05, 0) is 52.5 Å². The van der Waals surface area contributed by atoms with Crippen molar-refractivity contribution in [3.8, 4) is 0 Å². The molecule has 0 aromatic rings. The van der Waals surface area contributed by atoms with Gasteiger partial charge < -0.3 is 10.1 Å². The van der Waals surface area contributed by atoms with E-state index in [2.05, 4.69) is 67.6 Å². The Hall–Kier alpha value is -0.0800. The lowest BCUT2D eigenvalue weighted by molar-refractivity contribution is -0.0610. The molecule has 0 saturated heterocycles. The molecule has 2 nitrogen and oxygen atoms in total. The van der Waals surface area contributed by atoms with Gasteiger partial charge in [-0.3, -0.25) is 0 Å². The molecule has 118 valence electrons. The number of rotatable bonds is 7. The molecule has 0 rings (SSSR count). The van der Waals surface area contributed by atoms with Crippen molar-refractivity contribution in [3.63, 3.8) is 0 Å². The highest BCUT2D eigenvalue weighted by molar-refractivity contribution is 4.82. The van der Waals surface area contributed by atoms with Crippen LogP contribution in [0.25, 0.3) is 0 Å². The Balaban J connectivity index is 0. The van der Waals surface area contributed by atoms with Gasteiger partial charge in [0, 0.05) is 12.1 Å². The van der Waals surface area contributed by atoms with E-state index in [1.165, 1.54) is 6.42 Å². The van der Waals surface area contributed by atoms with Gasteiger partial charge in [0.05, 0.1) is 5.60 Å². The number of hydrogen-bond donors (Lipinski definition) is 1. The molecule has 0 aliphatic heterocycles. The smallest absolute Gasteiger partial charge is 0.0674 e. The van der Waals surface area contributed by atoms with Gasteiger partial charge in [0.15, 0.2) is 0 Å². The Labute approximate surface area is 122 Å². The van der Waals surface area contributed by atoms with Gasteiger partial charge in [-0.2, -0.15) is 0 Å². The second kappa shape index (κ2) is 9.77. The fraction of sp³-hybridized carbons (Fsp3) is 1.00. The highest BCUT2D eigenvalue weighted by Gasteiger charge is 2.25. The van der Waals surface area contributed by atoms with Crippen molar-refractivity contribution in [2.45, 2.75) is 86.3 Å². The maximum absolute atomic E-state index is 5.64. The third-order valence-electron chi connectivity index (χ3n) is 4.98. The summed E-state index contributed by atoms with van der Waals surface area (Å²) in [5, 5.41) is 3.33. The van der Waals surface area contributed by atoms with Gasteiger partial charge in [-0.25, -0.2) is 0 Å². The predicted octanol–water partition coefficient (Wildman–Crippen LogP) is 4.88. The summed E-state index contributed by atoms with van der Waals surface area (Å²) in [6.07, 6.45) is 2.29. The Kier molecular flexibility index (Phi) is 10.9. The maximum Gasteiger partial charge on any atom is 0.0674 e. The van der Waals surface area contributed by atoms with Gasteiger partial charge in [-0.1, -0.05) is 41.5 Å². The normalized spacial score (nSPS) is 17.7. The summed E-state index contributed by atoms with van der Waals surface area (Å²) in [4.78, 5) is 0. The second-order valence-corrected chi connectivity index (χ2v) is 6.43. The van der Waals surface area contributed by atoms with Crippen molar-refractivity contribution in [3.05, 3.63) is 0 Å². The fourth-order valence-corrected chi connectivity index (χ4v) is 1.88. The van der Waals surface area contributed by atoms with Crippen LogP contribution in [0.2, 0.25) is 0 Å². The molecule has 2 atom stereocenters. The molecule has 0 aromatic carbocycles.